The molecule has 0 radical (unpaired) electrons. The lowest BCUT2D eigenvalue weighted by atomic mass is 9.98. The average Bonchev–Trinajstić information content (AvgIpc) is 2.97. The summed E-state index contributed by atoms with van der Waals surface area (Å²) in [6.45, 7) is 1.62. The molecule has 1 aliphatic heterocycles. The van der Waals surface area contributed by atoms with Crippen LogP contribution in [-0.2, 0) is 4.79 Å². The highest BCUT2D eigenvalue weighted by Crippen LogP contribution is 2.27. The van der Waals surface area contributed by atoms with E-state index in [0.29, 0.717) is 12.3 Å². The van der Waals surface area contributed by atoms with Gasteiger partial charge in [0.25, 0.3) is 0 Å². The molecule has 1 N–H and O–H groups in total. The van der Waals surface area contributed by atoms with Crippen LogP contribution in [0.1, 0.15) is 57.8 Å². The number of carboxylic acid groups (broad SMARTS) is 1. The van der Waals surface area contributed by atoms with Gasteiger partial charge >= 0.3 is 12.0 Å². The van der Waals surface area contributed by atoms with Crippen LogP contribution in [-0.4, -0.2) is 53.1 Å². The molecule has 0 spiro atoms. The first-order valence-electron chi connectivity index (χ1n) is 8.31. The van der Waals surface area contributed by atoms with Crippen molar-refractivity contribution in [3.05, 3.63) is 0 Å². The van der Waals surface area contributed by atoms with Crippen molar-refractivity contribution in [2.24, 2.45) is 5.92 Å². The third-order valence-electron chi connectivity index (χ3n) is 4.90. The Kier molecular flexibility index (Phi) is 5.88. The number of aliphatic carboxylic acids is 1. The zero-order valence-electron chi connectivity index (χ0n) is 13.1. The summed E-state index contributed by atoms with van der Waals surface area (Å²) >= 11 is 0. The number of likely N-dealkylation sites (tertiary alicyclic amines) is 1. The van der Waals surface area contributed by atoms with Crippen molar-refractivity contribution < 1.29 is 14.7 Å². The molecule has 0 bridgehead atoms. The largest absolute Gasteiger partial charge is 0.481 e. The summed E-state index contributed by atoms with van der Waals surface area (Å²) < 4.78 is 0. The predicted octanol–water partition coefficient (Wildman–Crippen LogP) is 2.95. The minimum absolute atomic E-state index is 0.0944. The Balaban J connectivity index is 1.88. The molecule has 0 aromatic carbocycles. The molecule has 0 aromatic rings. The molecule has 1 unspecified atom stereocenters. The van der Waals surface area contributed by atoms with Crippen molar-refractivity contribution in [1.82, 2.24) is 9.80 Å². The number of amides is 2. The number of carboxylic acids is 1. The van der Waals surface area contributed by atoms with Crippen LogP contribution in [0.2, 0.25) is 0 Å². The molecule has 0 aromatic heterocycles. The van der Waals surface area contributed by atoms with Gasteiger partial charge in [-0.15, -0.1) is 0 Å². The van der Waals surface area contributed by atoms with Crippen molar-refractivity contribution in [1.29, 1.82) is 0 Å². The van der Waals surface area contributed by atoms with E-state index in [2.05, 4.69) is 0 Å². The number of hydrogen-bond acceptors (Lipinski definition) is 2. The minimum Gasteiger partial charge on any atom is -0.481 e. The van der Waals surface area contributed by atoms with E-state index in [-0.39, 0.29) is 18.5 Å². The van der Waals surface area contributed by atoms with E-state index < -0.39 is 5.97 Å². The Hall–Kier alpha value is -1.26. The number of urea groups is 1. The van der Waals surface area contributed by atoms with Gasteiger partial charge in [-0.25, -0.2) is 4.79 Å². The van der Waals surface area contributed by atoms with Crippen molar-refractivity contribution >= 4 is 12.0 Å². The number of carbonyl (C=O) groups is 2. The van der Waals surface area contributed by atoms with Gasteiger partial charge in [-0.3, -0.25) is 4.79 Å². The zero-order valence-corrected chi connectivity index (χ0v) is 13.1. The molecule has 21 heavy (non-hydrogen) atoms. The summed E-state index contributed by atoms with van der Waals surface area (Å²) in [6, 6.07) is 0.199. The van der Waals surface area contributed by atoms with Gasteiger partial charge in [-0.05, 0) is 44.4 Å². The van der Waals surface area contributed by atoms with Crippen molar-refractivity contribution in [3.63, 3.8) is 0 Å². The standard InChI is InChI=1S/C16H28N2O3/c1-17(12-13-6-2-3-7-13)16(21)18-11-5-4-8-14(18)9-10-15(19)20/h13-14H,2-12H2,1H3,(H,19,20). The fourth-order valence-corrected chi connectivity index (χ4v) is 3.72. The molecule has 5 heteroatoms. The number of nitrogens with zero attached hydrogens (tertiary/aromatic N) is 2. The van der Waals surface area contributed by atoms with Gasteiger partial charge in [0.05, 0.1) is 0 Å². The smallest absolute Gasteiger partial charge is 0.319 e. The summed E-state index contributed by atoms with van der Waals surface area (Å²) in [5, 5.41) is 8.85. The van der Waals surface area contributed by atoms with Crippen LogP contribution in [0, 0.1) is 5.92 Å². The van der Waals surface area contributed by atoms with Gasteiger partial charge in [-0.2, -0.15) is 0 Å². The van der Waals surface area contributed by atoms with E-state index in [9.17, 15) is 9.59 Å². The maximum Gasteiger partial charge on any atom is 0.319 e. The van der Waals surface area contributed by atoms with Gasteiger partial charge in [0.1, 0.15) is 0 Å². The molecular weight excluding hydrogens is 268 g/mol. The van der Waals surface area contributed by atoms with Gasteiger partial charge in [-0.1, -0.05) is 12.8 Å². The number of rotatable bonds is 5. The highest BCUT2D eigenvalue weighted by molar-refractivity contribution is 5.75. The fraction of sp³-hybridized carbons (Fsp3) is 0.875. The van der Waals surface area contributed by atoms with Gasteiger partial charge in [0, 0.05) is 32.6 Å². The van der Waals surface area contributed by atoms with Crippen molar-refractivity contribution in [2.45, 2.75) is 63.8 Å². The van der Waals surface area contributed by atoms with Gasteiger partial charge in [0.2, 0.25) is 0 Å². The number of carbonyl (C=O) groups excluding carboxylic acids is 1. The molecule has 2 amide bonds. The zero-order chi connectivity index (χ0) is 15.2. The van der Waals surface area contributed by atoms with Crippen LogP contribution in [0.5, 0.6) is 0 Å². The Morgan fingerprint density at radius 3 is 2.48 bits per heavy atom. The first-order valence-corrected chi connectivity index (χ1v) is 8.31. The highest BCUT2D eigenvalue weighted by atomic mass is 16.4. The van der Waals surface area contributed by atoms with Crippen LogP contribution in [0.25, 0.3) is 0 Å². The van der Waals surface area contributed by atoms with E-state index in [0.717, 1.165) is 32.4 Å². The predicted molar refractivity (Wildman–Crippen MR) is 81.2 cm³/mol. The first-order chi connectivity index (χ1) is 10.1. The molecule has 1 atom stereocenters. The highest BCUT2D eigenvalue weighted by Gasteiger charge is 2.30. The summed E-state index contributed by atoms with van der Waals surface area (Å²) in [6.07, 6.45) is 8.86. The molecule has 1 heterocycles. The Labute approximate surface area is 127 Å². The normalized spacial score (nSPS) is 23.3. The number of hydrogen-bond donors (Lipinski definition) is 1. The Bertz CT molecular complexity index is 367. The second kappa shape index (κ2) is 7.66. The molecule has 120 valence electrons. The van der Waals surface area contributed by atoms with Crippen LogP contribution < -0.4 is 0 Å². The van der Waals surface area contributed by atoms with Crippen molar-refractivity contribution in [3.8, 4) is 0 Å². The molecule has 1 saturated carbocycles. The van der Waals surface area contributed by atoms with E-state index in [4.69, 9.17) is 5.11 Å². The summed E-state index contributed by atoms with van der Waals surface area (Å²) in [4.78, 5) is 27.2. The van der Waals surface area contributed by atoms with E-state index in [1.165, 1.54) is 25.7 Å². The second-order valence-corrected chi connectivity index (χ2v) is 6.59. The van der Waals surface area contributed by atoms with Crippen molar-refractivity contribution in [2.75, 3.05) is 20.1 Å². The van der Waals surface area contributed by atoms with E-state index in [1.807, 2.05) is 16.8 Å². The monoisotopic (exact) mass is 296 g/mol. The molecule has 2 rings (SSSR count). The average molecular weight is 296 g/mol. The summed E-state index contributed by atoms with van der Waals surface area (Å²) in [5.74, 6) is -0.117. The molecule has 5 nitrogen and oxygen atoms in total. The van der Waals surface area contributed by atoms with E-state index in [1.54, 1.807) is 0 Å². The maximum absolute atomic E-state index is 12.6. The second-order valence-electron chi connectivity index (χ2n) is 6.59. The van der Waals surface area contributed by atoms with Crippen LogP contribution >= 0.6 is 0 Å². The Morgan fingerprint density at radius 2 is 1.81 bits per heavy atom. The molecule has 2 fully saturated rings. The van der Waals surface area contributed by atoms with E-state index >= 15 is 0 Å². The third-order valence-corrected chi connectivity index (χ3v) is 4.90. The lowest BCUT2D eigenvalue weighted by molar-refractivity contribution is -0.137. The van der Waals surface area contributed by atoms with Crippen LogP contribution in [0.15, 0.2) is 0 Å². The molecule has 1 aliphatic carbocycles. The van der Waals surface area contributed by atoms with Gasteiger partial charge < -0.3 is 14.9 Å². The summed E-state index contributed by atoms with van der Waals surface area (Å²) in [5.41, 5.74) is 0. The van der Waals surface area contributed by atoms with Gasteiger partial charge in [0.15, 0.2) is 0 Å². The molecule has 1 saturated heterocycles. The lowest BCUT2D eigenvalue weighted by Crippen LogP contribution is -2.50. The maximum atomic E-state index is 12.6. The SMILES string of the molecule is CN(CC1CCCC1)C(=O)N1CCCCC1CCC(=O)O. The Morgan fingerprint density at radius 1 is 1.14 bits per heavy atom. The third kappa shape index (κ3) is 4.61. The summed E-state index contributed by atoms with van der Waals surface area (Å²) in [7, 11) is 1.89. The topological polar surface area (TPSA) is 60.9 Å². The fourth-order valence-electron chi connectivity index (χ4n) is 3.72. The quantitative estimate of drug-likeness (QED) is 0.848. The molecular formula is C16H28N2O3. The molecule has 2 aliphatic rings. The minimum atomic E-state index is -0.771. The van der Waals surface area contributed by atoms with Crippen LogP contribution in [0.4, 0.5) is 4.79 Å². The van der Waals surface area contributed by atoms with Crippen LogP contribution in [0.3, 0.4) is 0 Å². The number of piperidine rings is 1. The lowest BCUT2D eigenvalue weighted by Gasteiger charge is -2.38. The first kappa shape index (κ1) is 16.1.